The van der Waals surface area contributed by atoms with Crippen molar-refractivity contribution in [2.24, 2.45) is 0 Å². The minimum Gasteiger partial charge on any atom is -0.381 e. The highest BCUT2D eigenvalue weighted by Gasteiger charge is 2.37. The normalized spacial score (nSPS) is 28.5. The van der Waals surface area contributed by atoms with Crippen LogP contribution in [0.2, 0.25) is 0 Å². The number of aryl methyl sites for hydroxylation is 1. The van der Waals surface area contributed by atoms with Gasteiger partial charge in [-0.25, -0.2) is 4.39 Å². The maximum absolute atomic E-state index is 13.8. The molecule has 1 heterocycles. The fraction of sp³-hybridized carbons (Fsp3) is 0.625. The van der Waals surface area contributed by atoms with Crippen LogP contribution in [0.15, 0.2) is 4.52 Å². The van der Waals surface area contributed by atoms with Crippen molar-refractivity contribution in [3.63, 3.8) is 0 Å². The molecule has 66 valence electrons. The Balaban J connectivity index is 2.56. The summed E-state index contributed by atoms with van der Waals surface area (Å²) in [5, 5.41) is 3.56. The molecule has 12 heavy (non-hydrogen) atoms. The summed E-state index contributed by atoms with van der Waals surface area (Å²) in [4.78, 5) is 0. The van der Waals surface area contributed by atoms with Crippen LogP contribution in [0.25, 0.3) is 0 Å². The van der Waals surface area contributed by atoms with Crippen LogP contribution in [-0.4, -0.2) is 5.16 Å². The standard InChI is InChI=1S/C8H11FN2O/c1-8(9)4-2-3-5-6(8)7(10)11-12-5/h2-4H2,1H3,(H2,10,11). The summed E-state index contributed by atoms with van der Waals surface area (Å²) in [5.41, 5.74) is 4.61. The first-order chi connectivity index (χ1) is 5.61. The fourth-order valence-corrected chi connectivity index (χ4v) is 1.77. The fourth-order valence-electron chi connectivity index (χ4n) is 1.77. The van der Waals surface area contributed by atoms with Gasteiger partial charge in [0.15, 0.2) is 5.82 Å². The molecule has 0 amide bonds. The molecular weight excluding hydrogens is 159 g/mol. The maximum Gasteiger partial charge on any atom is 0.173 e. The molecule has 1 aliphatic rings. The van der Waals surface area contributed by atoms with Crippen molar-refractivity contribution in [3.05, 3.63) is 11.3 Å². The molecule has 0 radical (unpaired) electrons. The molecule has 0 bridgehead atoms. The lowest BCUT2D eigenvalue weighted by Crippen LogP contribution is -2.22. The van der Waals surface area contributed by atoms with Gasteiger partial charge in [0.05, 0.1) is 5.56 Å². The number of rotatable bonds is 0. The number of hydrogen-bond donors (Lipinski definition) is 1. The predicted octanol–water partition coefficient (Wildman–Crippen LogP) is 1.78. The van der Waals surface area contributed by atoms with E-state index in [2.05, 4.69) is 5.16 Å². The van der Waals surface area contributed by atoms with Gasteiger partial charge in [-0.15, -0.1) is 0 Å². The monoisotopic (exact) mass is 170 g/mol. The second-order valence-corrected chi connectivity index (χ2v) is 3.42. The number of alkyl halides is 1. The van der Waals surface area contributed by atoms with Gasteiger partial charge in [0.2, 0.25) is 0 Å². The van der Waals surface area contributed by atoms with Crippen LogP contribution in [0.1, 0.15) is 31.1 Å². The number of nitrogen functional groups attached to an aromatic ring is 1. The number of aromatic nitrogens is 1. The Morgan fingerprint density at radius 2 is 2.42 bits per heavy atom. The number of anilines is 1. The summed E-state index contributed by atoms with van der Waals surface area (Å²) in [6.07, 6.45) is 2.05. The molecule has 0 aromatic carbocycles. The molecule has 1 aromatic heterocycles. The zero-order valence-corrected chi connectivity index (χ0v) is 6.93. The molecule has 1 aromatic rings. The minimum atomic E-state index is -1.35. The van der Waals surface area contributed by atoms with E-state index in [1.54, 1.807) is 0 Å². The number of nitrogens with two attached hydrogens (primary N) is 1. The lowest BCUT2D eigenvalue weighted by Gasteiger charge is -2.23. The van der Waals surface area contributed by atoms with Crippen LogP contribution in [0.3, 0.4) is 0 Å². The van der Waals surface area contributed by atoms with E-state index >= 15 is 0 Å². The van der Waals surface area contributed by atoms with E-state index in [0.717, 1.165) is 12.8 Å². The van der Waals surface area contributed by atoms with Crippen molar-refractivity contribution in [2.45, 2.75) is 31.9 Å². The van der Waals surface area contributed by atoms with E-state index in [1.165, 1.54) is 6.92 Å². The summed E-state index contributed by atoms with van der Waals surface area (Å²) in [6.45, 7) is 1.53. The van der Waals surface area contributed by atoms with Crippen LogP contribution in [0.5, 0.6) is 0 Å². The molecule has 0 spiro atoms. The van der Waals surface area contributed by atoms with Crippen LogP contribution >= 0.6 is 0 Å². The molecule has 2 N–H and O–H groups in total. The third kappa shape index (κ3) is 0.906. The highest BCUT2D eigenvalue weighted by atomic mass is 19.1. The van der Waals surface area contributed by atoms with Gasteiger partial charge in [0.25, 0.3) is 0 Å². The average Bonchev–Trinajstić information content (AvgIpc) is 2.32. The minimum absolute atomic E-state index is 0.203. The Morgan fingerprint density at radius 3 is 3.08 bits per heavy atom. The Morgan fingerprint density at radius 1 is 1.67 bits per heavy atom. The molecule has 1 atom stereocenters. The Kier molecular flexibility index (Phi) is 1.40. The van der Waals surface area contributed by atoms with E-state index in [0.29, 0.717) is 17.7 Å². The summed E-state index contributed by atoms with van der Waals surface area (Å²) in [5.74, 6) is 0.818. The van der Waals surface area contributed by atoms with E-state index in [-0.39, 0.29) is 5.82 Å². The SMILES string of the molecule is CC1(F)CCCc2onc(N)c21. The van der Waals surface area contributed by atoms with E-state index in [9.17, 15) is 4.39 Å². The second kappa shape index (κ2) is 2.21. The first kappa shape index (κ1) is 7.58. The zero-order valence-electron chi connectivity index (χ0n) is 6.93. The lowest BCUT2D eigenvalue weighted by atomic mass is 9.86. The highest BCUT2D eigenvalue weighted by molar-refractivity contribution is 5.45. The van der Waals surface area contributed by atoms with Crippen LogP contribution < -0.4 is 5.73 Å². The highest BCUT2D eigenvalue weighted by Crippen LogP contribution is 2.41. The molecule has 0 aliphatic heterocycles. The van der Waals surface area contributed by atoms with Gasteiger partial charge in [-0.2, -0.15) is 0 Å². The summed E-state index contributed by atoms with van der Waals surface area (Å²) in [7, 11) is 0. The quantitative estimate of drug-likeness (QED) is 0.645. The van der Waals surface area contributed by atoms with Crippen LogP contribution in [0.4, 0.5) is 10.2 Å². The number of hydrogen-bond acceptors (Lipinski definition) is 3. The molecule has 4 heteroatoms. The van der Waals surface area contributed by atoms with Crippen molar-refractivity contribution in [3.8, 4) is 0 Å². The first-order valence-corrected chi connectivity index (χ1v) is 4.05. The topological polar surface area (TPSA) is 52.0 Å². The third-order valence-electron chi connectivity index (χ3n) is 2.36. The Bertz CT molecular complexity index is 306. The van der Waals surface area contributed by atoms with Gasteiger partial charge in [0, 0.05) is 6.42 Å². The van der Waals surface area contributed by atoms with Gasteiger partial charge in [-0.3, -0.25) is 0 Å². The number of halogens is 1. The summed E-state index contributed by atoms with van der Waals surface area (Å²) < 4.78 is 18.7. The maximum atomic E-state index is 13.8. The largest absolute Gasteiger partial charge is 0.381 e. The van der Waals surface area contributed by atoms with Crippen molar-refractivity contribution in [2.75, 3.05) is 5.73 Å². The lowest BCUT2D eigenvalue weighted by molar-refractivity contribution is 0.156. The van der Waals surface area contributed by atoms with Crippen molar-refractivity contribution < 1.29 is 8.91 Å². The molecule has 0 saturated carbocycles. The van der Waals surface area contributed by atoms with Crippen LogP contribution in [0, 0.1) is 0 Å². The summed E-state index contributed by atoms with van der Waals surface area (Å²) >= 11 is 0. The zero-order chi connectivity index (χ0) is 8.77. The number of nitrogens with zero attached hydrogens (tertiary/aromatic N) is 1. The molecule has 2 rings (SSSR count). The average molecular weight is 170 g/mol. The first-order valence-electron chi connectivity index (χ1n) is 4.05. The Hall–Kier alpha value is -1.06. The Labute approximate surface area is 69.7 Å². The van der Waals surface area contributed by atoms with Gasteiger partial charge in [-0.1, -0.05) is 5.16 Å². The van der Waals surface area contributed by atoms with Gasteiger partial charge in [0.1, 0.15) is 11.4 Å². The molecule has 0 saturated heterocycles. The smallest absolute Gasteiger partial charge is 0.173 e. The summed E-state index contributed by atoms with van der Waals surface area (Å²) in [6, 6.07) is 0. The van der Waals surface area contributed by atoms with Gasteiger partial charge < -0.3 is 10.3 Å². The molecule has 1 unspecified atom stereocenters. The number of fused-ring (bicyclic) bond motifs is 1. The van der Waals surface area contributed by atoms with Crippen molar-refractivity contribution in [1.29, 1.82) is 0 Å². The predicted molar refractivity (Wildman–Crippen MR) is 42.3 cm³/mol. The van der Waals surface area contributed by atoms with Gasteiger partial charge in [-0.05, 0) is 19.8 Å². The van der Waals surface area contributed by atoms with E-state index < -0.39 is 5.67 Å². The molecule has 3 nitrogen and oxygen atoms in total. The molecule has 1 aliphatic carbocycles. The molecule has 0 fully saturated rings. The van der Waals surface area contributed by atoms with E-state index in [1.807, 2.05) is 0 Å². The van der Waals surface area contributed by atoms with E-state index in [4.69, 9.17) is 10.3 Å². The third-order valence-corrected chi connectivity index (χ3v) is 2.36. The van der Waals surface area contributed by atoms with Crippen molar-refractivity contribution >= 4 is 5.82 Å². The molecular formula is C8H11FN2O. The second-order valence-electron chi connectivity index (χ2n) is 3.42. The van der Waals surface area contributed by atoms with Crippen molar-refractivity contribution in [1.82, 2.24) is 5.16 Å². The van der Waals surface area contributed by atoms with Crippen LogP contribution in [-0.2, 0) is 12.1 Å². The van der Waals surface area contributed by atoms with Gasteiger partial charge >= 0.3 is 0 Å².